The summed E-state index contributed by atoms with van der Waals surface area (Å²) in [4.78, 5) is 16.1. The number of rotatable bonds is 1. The van der Waals surface area contributed by atoms with Crippen LogP contribution in [0.5, 0.6) is 0 Å². The molecule has 0 bridgehead atoms. The van der Waals surface area contributed by atoms with Crippen molar-refractivity contribution < 1.29 is 4.79 Å². The first-order chi connectivity index (χ1) is 9.15. The molecule has 3 heteroatoms. The van der Waals surface area contributed by atoms with Gasteiger partial charge in [-0.15, -0.1) is 11.3 Å². The van der Waals surface area contributed by atoms with E-state index < -0.39 is 0 Å². The van der Waals surface area contributed by atoms with Gasteiger partial charge in [-0.1, -0.05) is 19.9 Å². The molecule has 2 nitrogen and oxygen atoms in total. The van der Waals surface area contributed by atoms with Crippen molar-refractivity contribution in [3.05, 3.63) is 46.3 Å². The second kappa shape index (κ2) is 5.57. The first kappa shape index (κ1) is 13.8. The molecule has 0 fully saturated rings. The topological polar surface area (TPSA) is 20.3 Å². The molecule has 0 unspecified atom stereocenters. The third-order valence-electron chi connectivity index (χ3n) is 3.11. The Kier molecular flexibility index (Phi) is 4.05. The predicted molar refractivity (Wildman–Crippen MR) is 81.6 cm³/mol. The van der Waals surface area contributed by atoms with Gasteiger partial charge in [0.15, 0.2) is 0 Å². The van der Waals surface area contributed by atoms with E-state index in [4.69, 9.17) is 0 Å². The van der Waals surface area contributed by atoms with Crippen molar-refractivity contribution in [3.8, 4) is 10.4 Å². The molecule has 0 saturated carbocycles. The lowest BCUT2D eigenvalue weighted by molar-refractivity contribution is 0.0816. The van der Waals surface area contributed by atoms with E-state index in [1.165, 1.54) is 15.3 Å². The van der Waals surface area contributed by atoms with Gasteiger partial charge in [0.25, 0.3) is 5.91 Å². The molecule has 0 aliphatic carbocycles. The smallest absolute Gasteiger partial charge is 0.254 e. The lowest BCUT2D eigenvalue weighted by Crippen LogP contribution is -2.17. The Labute approximate surface area is 118 Å². The van der Waals surface area contributed by atoms with Crippen LogP contribution in [0.2, 0.25) is 0 Å². The van der Waals surface area contributed by atoms with Gasteiger partial charge in [0.1, 0.15) is 0 Å². The Bertz CT molecular complexity index is 601. The van der Waals surface area contributed by atoms with Gasteiger partial charge >= 0.3 is 0 Å². The van der Waals surface area contributed by atoms with Gasteiger partial charge in [0, 0.05) is 28.9 Å². The summed E-state index contributed by atoms with van der Waals surface area (Å²) in [7, 11) is 1.84. The number of thiophene rings is 1. The van der Waals surface area contributed by atoms with Gasteiger partial charge in [-0.25, -0.2) is 0 Å². The van der Waals surface area contributed by atoms with Crippen LogP contribution in [-0.4, -0.2) is 17.9 Å². The minimum atomic E-state index is 0.133. The molecule has 100 valence electrons. The van der Waals surface area contributed by atoms with Crippen LogP contribution in [0.3, 0.4) is 0 Å². The molecule has 0 N–H and O–H groups in total. The van der Waals surface area contributed by atoms with Gasteiger partial charge in [-0.3, -0.25) is 4.79 Å². The van der Waals surface area contributed by atoms with Crippen molar-refractivity contribution in [2.75, 3.05) is 7.05 Å². The van der Waals surface area contributed by atoms with Crippen molar-refractivity contribution in [2.45, 2.75) is 27.3 Å². The third-order valence-corrected chi connectivity index (χ3v) is 4.16. The Hall–Kier alpha value is -1.61. The van der Waals surface area contributed by atoms with E-state index in [1.54, 1.807) is 16.2 Å². The summed E-state index contributed by atoms with van der Waals surface area (Å²) in [6.45, 7) is 6.84. The highest BCUT2D eigenvalue weighted by atomic mass is 32.1. The molecule has 1 aromatic carbocycles. The van der Waals surface area contributed by atoms with Gasteiger partial charge in [0.2, 0.25) is 0 Å². The second-order valence-corrected chi connectivity index (χ2v) is 5.73. The highest BCUT2D eigenvalue weighted by Gasteiger charge is 2.24. The van der Waals surface area contributed by atoms with Crippen LogP contribution < -0.4 is 0 Å². The standard InChI is InChI=1S/C14H13NOS.C2H6/c1-9-3-6-13(17-9)10-4-5-12-11(7-10)8-15(2)14(12)16;1-2/h3-7H,8H2,1-2H3;1-2H3. The van der Waals surface area contributed by atoms with Crippen LogP contribution in [-0.2, 0) is 6.54 Å². The summed E-state index contributed by atoms with van der Waals surface area (Å²) < 4.78 is 0. The summed E-state index contributed by atoms with van der Waals surface area (Å²) in [6, 6.07) is 10.4. The summed E-state index contributed by atoms with van der Waals surface area (Å²) in [5.41, 5.74) is 3.20. The van der Waals surface area contributed by atoms with Crippen molar-refractivity contribution in [1.82, 2.24) is 4.90 Å². The van der Waals surface area contributed by atoms with E-state index in [-0.39, 0.29) is 5.91 Å². The van der Waals surface area contributed by atoms with E-state index in [1.807, 2.05) is 33.0 Å². The van der Waals surface area contributed by atoms with Crippen molar-refractivity contribution in [1.29, 1.82) is 0 Å². The number of carbonyl (C=O) groups excluding carboxylic acids is 1. The molecule has 3 rings (SSSR count). The minimum Gasteiger partial charge on any atom is -0.337 e. The van der Waals surface area contributed by atoms with Gasteiger partial charge < -0.3 is 4.90 Å². The average molecular weight is 273 g/mol. The summed E-state index contributed by atoms with van der Waals surface area (Å²) in [6.07, 6.45) is 0. The fourth-order valence-corrected chi connectivity index (χ4v) is 3.07. The normalized spacial score (nSPS) is 13.1. The maximum Gasteiger partial charge on any atom is 0.254 e. The number of benzene rings is 1. The highest BCUT2D eigenvalue weighted by molar-refractivity contribution is 7.15. The molecule has 2 aromatic rings. The maximum absolute atomic E-state index is 11.8. The van der Waals surface area contributed by atoms with E-state index in [9.17, 15) is 4.79 Å². The van der Waals surface area contributed by atoms with Crippen LogP contribution in [0.4, 0.5) is 0 Å². The molecule has 0 radical (unpaired) electrons. The van der Waals surface area contributed by atoms with Crippen molar-refractivity contribution in [2.24, 2.45) is 0 Å². The van der Waals surface area contributed by atoms with Gasteiger partial charge in [-0.2, -0.15) is 0 Å². The molecule has 2 heterocycles. The number of aryl methyl sites for hydroxylation is 1. The maximum atomic E-state index is 11.8. The number of amides is 1. The molecule has 0 spiro atoms. The number of hydrogen-bond acceptors (Lipinski definition) is 2. The Morgan fingerprint density at radius 2 is 1.89 bits per heavy atom. The highest BCUT2D eigenvalue weighted by Crippen LogP contribution is 2.31. The fraction of sp³-hybridized carbons (Fsp3) is 0.312. The number of hydrogen-bond donors (Lipinski definition) is 0. The number of fused-ring (bicyclic) bond motifs is 1. The molecule has 0 atom stereocenters. The van der Waals surface area contributed by atoms with Crippen LogP contribution in [0, 0.1) is 6.92 Å². The largest absolute Gasteiger partial charge is 0.337 e. The molecule has 19 heavy (non-hydrogen) atoms. The molecular formula is C16H19NOS. The second-order valence-electron chi connectivity index (χ2n) is 4.44. The third kappa shape index (κ3) is 2.56. The first-order valence-corrected chi connectivity index (χ1v) is 7.42. The van der Waals surface area contributed by atoms with E-state index in [0.717, 1.165) is 17.7 Å². The summed E-state index contributed by atoms with van der Waals surface area (Å²) in [5.74, 6) is 0.133. The SMILES string of the molecule is CC.Cc1ccc(-c2ccc3c(c2)CN(C)C3=O)s1. The van der Waals surface area contributed by atoms with Crippen LogP contribution in [0.25, 0.3) is 10.4 Å². The van der Waals surface area contributed by atoms with Gasteiger partial charge in [0.05, 0.1) is 0 Å². The van der Waals surface area contributed by atoms with E-state index in [2.05, 4.69) is 25.1 Å². The minimum absolute atomic E-state index is 0.133. The molecule has 0 saturated heterocycles. The Morgan fingerprint density at radius 3 is 2.53 bits per heavy atom. The zero-order valence-corrected chi connectivity index (χ0v) is 12.7. The van der Waals surface area contributed by atoms with Crippen LogP contribution >= 0.6 is 11.3 Å². The predicted octanol–water partition coefficient (Wildman–Crippen LogP) is 4.34. The van der Waals surface area contributed by atoms with Crippen molar-refractivity contribution in [3.63, 3.8) is 0 Å². The lowest BCUT2D eigenvalue weighted by atomic mass is 10.1. The van der Waals surface area contributed by atoms with Gasteiger partial charge in [-0.05, 0) is 42.3 Å². The van der Waals surface area contributed by atoms with Crippen molar-refractivity contribution >= 4 is 17.2 Å². The molecule has 1 aliphatic rings. The molecule has 1 amide bonds. The fourth-order valence-electron chi connectivity index (χ4n) is 2.21. The monoisotopic (exact) mass is 273 g/mol. The van der Waals surface area contributed by atoms with Crippen LogP contribution in [0.1, 0.15) is 34.6 Å². The molecule has 1 aromatic heterocycles. The molecule has 1 aliphatic heterocycles. The zero-order valence-electron chi connectivity index (χ0n) is 11.9. The molecular weight excluding hydrogens is 254 g/mol. The Morgan fingerprint density at radius 1 is 1.16 bits per heavy atom. The first-order valence-electron chi connectivity index (χ1n) is 6.60. The van der Waals surface area contributed by atoms with Crippen LogP contribution in [0.15, 0.2) is 30.3 Å². The summed E-state index contributed by atoms with van der Waals surface area (Å²) >= 11 is 1.79. The number of carbonyl (C=O) groups is 1. The number of nitrogens with zero attached hydrogens (tertiary/aromatic N) is 1. The summed E-state index contributed by atoms with van der Waals surface area (Å²) in [5, 5.41) is 0. The lowest BCUT2D eigenvalue weighted by Gasteiger charge is -2.04. The zero-order chi connectivity index (χ0) is 14.0. The Balaban J connectivity index is 0.000000637. The van der Waals surface area contributed by atoms with E-state index >= 15 is 0 Å². The van der Waals surface area contributed by atoms with E-state index in [0.29, 0.717) is 0 Å². The quantitative estimate of drug-likeness (QED) is 0.757. The average Bonchev–Trinajstić information content (AvgIpc) is 2.97.